The van der Waals surface area contributed by atoms with Crippen molar-refractivity contribution in [2.24, 2.45) is 0 Å². The highest BCUT2D eigenvalue weighted by atomic mass is 32.2. The van der Waals surface area contributed by atoms with Crippen LogP contribution in [0.2, 0.25) is 0 Å². The minimum absolute atomic E-state index is 0.208. The van der Waals surface area contributed by atoms with Crippen molar-refractivity contribution in [3.8, 4) is 5.69 Å². The number of para-hydroxylation sites is 1. The maximum Gasteiger partial charge on any atom is 0.321 e. The number of fused-ring (bicyclic) bond motifs is 1. The van der Waals surface area contributed by atoms with Gasteiger partial charge in [-0.25, -0.2) is 9.78 Å². The average molecular weight is 410 g/mol. The number of imide groups is 1. The molecule has 8 heteroatoms. The first-order valence-electron chi connectivity index (χ1n) is 9.10. The van der Waals surface area contributed by atoms with E-state index in [1.165, 1.54) is 11.6 Å². The molecule has 0 fully saturated rings. The molecule has 3 aromatic rings. The first kappa shape index (κ1) is 20.6. The first-order valence-corrected chi connectivity index (χ1v) is 9.98. The van der Waals surface area contributed by atoms with Crippen molar-refractivity contribution in [2.45, 2.75) is 31.2 Å². The second-order valence-corrected chi connectivity index (χ2v) is 7.96. The molecule has 1 aromatic heterocycles. The van der Waals surface area contributed by atoms with Crippen molar-refractivity contribution in [2.75, 3.05) is 7.05 Å². The number of hydrogen-bond donors (Lipinski definition) is 2. The largest absolute Gasteiger partial charge is 0.341 e. The predicted octanol–water partition coefficient (Wildman–Crippen LogP) is 2.94. The maximum atomic E-state index is 13.3. The fourth-order valence-electron chi connectivity index (χ4n) is 2.77. The molecule has 0 aliphatic carbocycles. The summed E-state index contributed by atoms with van der Waals surface area (Å²) in [6.07, 6.45) is 0. The van der Waals surface area contributed by atoms with Crippen molar-refractivity contribution in [3.63, 3.8) is 0 Å². The van der Waals surface area contributed by atoms with E-state index in [4.69, 9.17) is 0 Å². The van der Waals surface area contributed by atoms with Gasteiger partial charge in [-0.1, -0.05) is 30.0 Å². The van der Waals surface area contributed by atoms with Crippen LogP contribution >= 0.6 is 11.8 Å². The Hall–Kier alpha value is -3.13. The number of amides is 3. The van der Waals surface area contributed by atoms with Gasteiger partial charge in [-0.15, -0.1) is 0 Å². The van der Waals surface area contributed by atoms with E-state index in [-0.39, 0.29) is 5.56 Å². The van der Waals surface area contributed by atoms with Crippen LogP contribution in [0.3, 0.4) is 0 Å². The van der Waals surface area contributed by atoms with Gasteiger partial charge in [0.2, 0.25) is 5.91 Å². The van der Waals surface area contributed by atoms with Gasteiger partial charge in [0, 0.05) is 7.05 Å². The molecule has 0 spiro atoms. The van der Waals surface area contributed by atoms with E-state index in [0.717, 1.165) is 22.9 Å². The van der Waals surface area contributed by atoms with Crippen molar-refractivity contribution in [3.05, 3.63) is 63.9 Å². The number of aromatic nitrogens is 2. The van der Waals surface area contributed by atoms with Crippen LogP contribution in [0, 0.1) is 13.8 Å². The van der Waals surface area contributed by atoms with Crippen LogP contribution in [0.5, 0.6) is 0 Å². The molecule has 1 unspecified atom stereocenters. The lowest BCUT2D eigenvalue weighted by Crippen LogP contribution is -2.41. The molecule has 0 saturated carbocycles. The van der Waals surface area contributed by atoms with Crippen LogP contribution in [-0.2, 0) is 4.79 Å². The number of urea groups is 1. The molecule has 0 bridgehead atoms. The number of carbonyl (C=O) groups excluding carboxylic acids is 2. The Labute approximate surface area is 172 Å². The van der Waals surface area contributed by atoms with Gasteiger partial charge in [-0.2, -0.15) is 0 Å². The molecule has 2 N–H and O–H groups in total. The molecule has 150 valence electrons. The van der Waals surface area contributed by atoms with E-state index in [2.05, 4.69) is 15.6 Å². The molecular weight excluding hydrogens is 388 g/mol. The van der Waals surface area contributed by atoms with E-state index >= 15 is 0 Å². The highest BCUT2D eigenvalue weighted by Gasteiger charge is 2.21. The monoisotopic (exact) mass is 410 g/mol. The zero-order valence-electron chi connectivity index (χ0n) is 16.6. The first-order chi connectivity index (χ1) is 13.8. The molecule has 0 aliphatic rings. The Morgan fingerprint density at radius 3 is 2.52 bits per heavy atom. The number of nitrogens with one attached hydrogen (secondary N) is 2. The third-order valence-corrected chi connectivity index (χ3v) is 5.66. The number of aryl methyl sites for hydroxylation is 2. The van der Waals surface area contributed by atoms with Crippen LogP contribution in [0.4, 0.5) is 4.79 Å². The van der Waals surface area contributed by atoms with Gasteiger partial charge in [0.25, 0.3) is 5.56 Å². The van der Waals surface area contributed by atoms with Crippen molar-refractivity contribution in [1.29, 1.82) is 0 Å². The van der Waals surface area contributed by atoms with Crippen LogP contribution in [-0.4, -0.2) is 33.8 Å². The number of rotatable bonds is 4. The molecule has 1 atom stereocenters. The van der Waals surface area contributed by atoms with Crippen LogP contribution in [0.1, 0.15) is 18.1 Å². The molecule has 1 heterocycles. The van der Waals surface area contributed by atoms with Crippen LogP contribution in [0.15, 0.2) is 52.4 Å². The van der Waals surface area contributed by atoms with Gasteiger partial charge in [-0.05, 0) is 56.2 Å². The molecular formula is C21H22N4O3S. The lowest BCUT2D eigenvalue weighted by Gasteiger charge is -2.17. The van der Waals surface area contributed by atoms with E-state index < -0.39 is 17.2 Å². The summed E-state index contributed by atoms with van der Waals surface area (Å²) in [5.74, 6) is -0.469. The lowest BCUT2D eigenvalue weighted by molar-refractivity contribution is -0.119. The molecule has 0 aliphatic heterocycles. The van der Waals surface area contributed by atoms with Crippen LogP contribution in [0.25, 0.3) is 16.6 Å². The number of nitrogens with zero attached hydrogens (tertiary/aromatic N) is 2. The molecule has 0 saturated heterocycles. The average Bonchev–Trinajstić information content (AvgIpc) is 2.70. The quantitative estimate of drug-likeness (QED) is 0.510. The number of hydrogen-bond acceptors (Lipinski definition) is 5. The summed E-state index contributed by atoms with van der Waals surface area (Å²) in [7, 11) is 1.43. The Morgan fingerprint density at radius 2 is 1.83 bits per heavy atom. The molecule has 3 amide bonds. The minimum atomic E-state index is -0.641. The molecule has 29 heavy (non-hydrogen) atoms. The van der Waals surface area contributed by atoms with E-state index in [0.29, 0.717) is 21.7 Å². The van der Waals surface area contributed by atoms with Gasteiger partial charge < -0.3 is 5.32 Å². The molecule has 7 nitrogen and oxygen atoms in total. The highest BCUT2D eigenvalue weighted by Crippen LogP contribution is 2.26. The summed E-state index contributed by atoms with van der Waals surface area (Å²) in [6.45, 7) is 5.64. The SMILES string of the molecule is CNC(=O)NC(=O)C(C)Sc1nc2ccccc2c(=O)n1-c1ccc(C)c(C)c1. The summed E-state index contributed by atoms with van der Waals surface area (Å²) in [4.78, 5) is 41.6. The topological polar surface area (TPSA) is 93.1 Å². The second kappa shape index (κ2) is 8.48. The van der Waals surface area contributed by atoms with Gasteiger partial charge in [0.05, 0.1) is 21.8 Å². The number of benzene rings is 2. The van der Waals surface area contributed by atoms with Crippen molar-refractivity contribution < 1.29 is 9.59 Å². The highest BCUT2D eigenvalue weighted by molar-refractivity contribution is 8.00. The standard InChI is InChI=1S/C21H22N4O3S/c1-12-9-10-15(11-13(12)2)25-19(27)16-7-5-6-8-17(16)23-21(25)29-14(3)18(26)24-20(28)22-4/h5-11,14H,1-4H3,(H2,22,24,26,28). The summed E-state index contributed by atoms with van der Waals surface area (Å²) in [5, 5.41) is 4.84. The Morgan fingerprint density at radius 1 is 1.10 bits per heavy atom. The zero-order valence-corrected chi connectivity index (χ0v) is 17.5. The second-order valence-electron chi connectivity index (χ2n) is 6.65. The Bertz CT molecular complexity index is 1160. The molecule has 3 rings (SSSR count). The smallest absolute Gasteiger partial charge is 0.321 e. The van der Waals surface area contributed by atoms with E-state index in [1.54, 1.807) is 25.1 Å². The summed E-state index contributed by atoms with van der Waals surface area (Å²) in [6, 6.07) is 12.3. The third kappa shape index (κ3) is 4.32. The summed E-state index contributed by atoms with van der Waals surface area (Å²) >= 11 is 1.12. The fraction of sp³-hybridized carbons (Fsp3) is 0.238. The van der Waals surface area contributed by atoms with Gasteiger partial charge in [0.15, 0.2) is 5.16 Å². The van der Waals surface area contributed by atoms with E-state index in [9.17, 15) is 14.4 Å². The van der Waals surface area contributed by atoms with Crippen LogP contribution < -0.4 is 16.2 Å². The van der Waals surface area contributed by atoms with Gasteiger partial charge in [0.1, 0.15) is 0 Å². The Kier molecular flexibility index (Phi) is 6.03. The van der Waals surface area contributed by atoms with Crippen molar-refractivity contribution in [1.82, 2.24) is 20.2 Å². The third-order valence-electron chi connectivity index (χ3n) is 4.61. The fourth-order valence-corrected chi connectivity index (χ4v) is 3.70. The predicted molar refractivity (Wildman–Crippen MR) is 115 cm³/mol. The number of carbonyl (C=O) groups is 2. The normalized spacial score (nSPS) is 11.9. The lowest BCUT2D eigenvalue weighted by atomic mass is 10.1. The van der Waals surface area contributed by atoms with Gasteiger partial charge in [-0.3, -0.25) is 19.5 Å². The number of thioether (sulfide) groups is 1. The molecule has 0 radical (unpaired) electrons. The summed E-state index contributed by atoms with van der Waals surface area (Å²) < 4.78 is 1.52. The van der Waals surface area contributed by atoms with Gasteiger partial charge >= 0.3 is 6.03 Å². The summed E-state index contributed by atoms with van der Waals surface area (Å²) in [5.41, 5.74) is 3.18. The maximum absolute atomic E-state index is 13.3. The Balaban J connectivity index is 2.12. The van der Waals surface area contributed by atoms with E-state index in [1.807, 2.05) is 38.1 Å². The van der Waals surface area contributed by atoms with Crippen molar-refractivity contribution >= 4 is 34.6 Å². The zero-order chi connectivity index (χ0) is 21.1. The minimum Gasteiger partial charge on any atom is -0.341 e. The molecule has 2 aromatic carbocycles.